The first-order valence-electron chi connectivity index (χ1n) is 8.42. The number of hydrogen-bond acceptors (Lipinski definition) is 3. The molecule has 1 unspecified atom stereocenters. The molecule has 0 spiro atoms. The van der Waals surface area contributed by atoms with Crippen molar-refractivity contribution in [1.82, 2.24) is 4.90 Å². The van der Waals surface area contributed by atoms with Gasteiger partial charge in [-0.1, -0.05) is 78.4 Å². The minimum absolute atomic E-state index is 0.573. The maximum Gasteiger partial charge on any atom is 0.194 e. The van der Waals surface area contributed by atoms with E-state index in [2.05, 4.69) is 36.2 Å². The summed E-state index contributed by atoms with van der Waals surface area (Å²) in [5.41, 5.74) is 3.54. The Morgan fingerprint density at radius 2 is 1.56 bits per heavy atom. The van der Waals surface area contributed by atoms with E-state index in [1.54, 1.807) is 6.34 Å². The van der Waals surface area contributed by atoms with Crippen LogP contribution in [0.1, 0.15) is 22.3 Å². The fourth-order valence-corrected chi connectivity index (χ4v) is 3.29. The van der Waals surface area contributed by atoms with Crippen LogP contribution in [0.15, 0.2) is 83.9 Å². The lowest BCUT2D eigenvalue weighted by molar-refractivity contribution is -0.0409. The molecular formula is C22H20N2O. The summed E-state index contributed by atoms with van der Waals surface area (Å²) in [6.45, 7) is 2.65. The van der Waals surface area contributed by atoms with Crippen molar-refractivity contribution in [2.45, 2.75) is 19.2 Å². The molecule has 4 rings (SSSR count). The molecule has 3 heteroatoms. The van der Waals surface area contributed by atoms with Crippen molar-refractivity contribution in [3.8, 4) is 0 Å². The van der Waals surface area contributed by atoms with Gasteiger partial charge in [0.2, 0.25) is 0 Å². The van der Waals surface area contributed by atoms with Crippen molar-refractivity contribution >= 4 is 12.0 Å². The second kappa shape index (κ2) is 6.19. The van der Waals surface area contributed by atoms with Crippen LogP contribution < -0.4 is 0 Å². The normalized spacial score (nSPS) is 18.9. The quantitative estimate of drug-likeness (QED) is 0.775. The molecule has 0 saturated carbocycles. The topological polar surface area (TPSA) is 35.8 Å². The maximum atomic E-state index is 11.8. The lowest BCUT2D eigenvalue weighted by atomic mass is 9.90. The zero-order chi connectivity index (χ0) is 17.3. The Kier molecular flexibility index (Phi) is 3.86. The van der Waals surface area contributed by atoms with Gasteiger partial charge in [0.05, 0.1) is 12.0 Å². The number of hydrogen-bond donors (Lipinski definition) is 1. The summed E-state index contributed by atoms with van der Waals surface area (Å²) >= 11 is 0. The molecule has 1 aliphatic heterocycles. The van der Waals surface area contributed by atoms with Gasteiger partial charge in [-0.15, -0.1) is 0 Å². The Labute approximate surface area is 147 Å². The average Bonchev–Trinajstić information content (AvgIpc) is 2.67. The van der Waals surface area contributed by atoms with E-state index in [0.717, 1.165) is 22.4 Å². The van der Waals surface area contributed by atoms with Gasteiger partial charge in [0, 0.05) is 17.7 Å². The second-order valence-electron chi connectivity index (χ2n) is 6.41. The van der Waals surface area contributed by atoms with E-state index in [0.29, 0.717) is 6.54 Å². The van der Waals surface area contributed by atoms with Gasteiger partial charge in [0.1, 0.15) is 0 Å². The summed E-state index contributed by atoms with van der Waals surface area (Å²) < 4.78 is 0. The summed E-state index contributed by atoms with van der Waals surface area (Å²) in [6, 6.07) is 25.9. The van der Waals surface area contributed by atoms with Gasteiger partial charge in [0.25, 0.3) is 0 Å². The van der Waals surface area contributed by atoms with Crippen molar-refractivity contribution in [3.63, 3.8) is 0 Å². The Morgan fingerprint density at radius 3 is 2.32 bits per heavy atom. The summed E-state index contributed by atoms with van der Waals surface area (Å²) in [5, 5.41) is 11.8. The molecule has 0 fully saturated rings. The third kappa shape index (κ3) is 2.73. The highest BCUT2D eigenvalue weighted by atomic mass is 16.3. The van der Waals surface area contributed by atoms with Gasteiger partial charge in [0.15, 0.2) is 5.72 Å². The van der Waals surface area contributed by atoms with E-state index in [1.165, 1.54) is 5.56 Å². The lowest BCUT2D eigenvalue weighted by Gasteiger charge is -2.42. The van der Waals surface area contributed by atoms with Gasteiger partial charge in [-0.2, -0.15) is 0 Å². The van der Waals surface area contributed by atoms with Gasteiger partial charge in [-0.05, 0) is 18.6 Å². The lowest BCUT2D eigenvalue weighted by Crippen LogP contribution is -2.47. The molecule has 0 aliphatic carbocycles. The number of fused-ring (bicyclic) bond motifs is 1. The molecule has 3 nitrogen and oxygen atoms in total. The van der Waals surface area contributed by atoms with Crippen LogP contribution in [0.5, 0.6) is 0 Å². The molecule has 25 heavy (non-hydrogen) atoms. The number of benzene rings is 3. The van der Waals surface area contributed by atoms with E-state index in [1.807, 2.05) is 59.5 Å². The highest BCUT2D eigenvalue weighted by Crippen LogP contribution is 2.41. The van der Waals surface area contributed by atoms with Crippen molar-refractivity contribution in [2.24, 2.45) is 4.99 Å². The van der Waals surface area contributed by atoms with Crippen molar-refractivity contribution in [2.75, 3.05) is 0 Å². The van der Waals surface area contributed by atoms with Crippen molar-refractivity contribution in [3.05, 3.63) is 101 Å². The number of rotatable bonds is 3. The van der Waals surface area contributed by atoms with E-state index >= 15 is 0 Å². The van der Waals surface area contributed by atoms with E-state index in [-0.39, 0.29) is 0 Å². The zero-order valence-electron chi connectivity index (χ0n) is 14.1. The van der Waals surface area contributed by atoms with Crippen LogP contribution in [-0.4, -0.2) is 16.3 Å². The molecular weight excluding hydrogens is 308 g/mol. The molecule has 0 saturated heterocycles. The predicted molar refractivity (Wildman–Crippen MR) is 101 cm³/mol. The van der Waals surface area contributed by atoms with Crippen LogP contribution in [0, 0.1) is 6.92 Å². The Hall–Kier alpha value is -2.91. The monoisotopic (exact) mass is 328 g/mol. The number of aliphatic hydroxyl groups is 1. The van der Waals surface area contributed by atoms with Crippen molar-refractivity contribution in [1.29, 1.82) is 0 Å². The Morgan fingerprint density at radius 1 is 0.880 bits per heavy atom. The first-order valence-corrected chi connectivity index (χ1v) is 8.42. The predicted octanol–water partition coefficient (Wildman–Crippen LogP) is 4.36. The highest BCUT2D eigenvalue weighted by Gasteiger charge is 2.41. The standard InChI is InChI=1S/C22H20N2O/c1-17-11-13-18(14-12-17)15-24-16-23-21-10-6-5-9-20(21)22(24,25)19-7-3-2-4-8-19/h2-14,16,25H,15H2,1H3. The molecule has 0 aromatic heterocycles. The molecule has 0 amide bonds. The summed E-state index contributed by atoms with van der Waals surface area (Å²) in [5.74, 6) is 0. The minimum Gasteiger partial charge on any atom is -0.363 e. The summed E-state index contributed by atoms with van der Waals surface area (Å²) in [7, 11) is 0. The summed E-state index contributed by atoms with van der Waals surface area (Å²) in [4.78, 5) is 6.45. The van der Waals surface area contributed by atoms with Gasteiger partial charge >= 0.3 is 0 Å². The zero-order valence-corrected chi connectivity index (χ0v) is 14.1. The molecule has 1 aliphatic rings. The number of para-hydroxylation sites is 1. The first-order chi connectivity index (χ1) is 12.2. The highest BCUT2D eigenvalue weighted by molar-refractivity contribution is 5.71. The fourth-order valence-electron chi connectivity index (χ4n) is 3.29. The molecule has 3 aromatic carbocycles. The summed E-state index contributed by atoms with van der Waals surface area (Å²) in [6.07, 6.45) is 1.75. The molecule has 1 N–H and O–H groups in total. The largest absolute Gasteiger partial charge is 0.363 e. The van der Waals surface area contributed by atoms with Crippen LogP contribution in [0.4, 0.5) is 5.69 Å². The first kappa shape index (κ1) is 15.6. The third-order valence-electron chi connectivity index (χ3n) is 4.68. The van der Waals surface area contributed by atoms with Crippen LogP contribution in [0.2, 0.25) is 0 Å². The smallest absolute Gasteiger partial charge is 0.194 e. The third-order valence-corrected chi connectivity index (χ3v) is 4.68. The Bertz CT molecular complexity index is 903. The molecule has 0 radical (unpaired) electrons. The fraction of sp³-hybridized carbons (Fsp3) is 0.136. The molecule has 3 aromatic rings. The van der Waals surface area contributed by atoms with Crippen LogP contribution in [-0.2, 0) is 12.3 Å². The van der Waals surface area contributed by atoms with E-state index < -0.39 is 5.72 Å². The minimum atomic E-state index is -1.25. The molecule has 1 atom stereocenters. The van der Waals surface area contributed by atoms with Gasteiger partial charge < -0.3 is 10.0 Å². The maximum absolute atomic E-state index is 11.8. The average molecular weight is 328 g/mol. The number of aryl methyl sites for hydroxylation is 1. The number of nitrogens with zero attached hydrogens (tertiary/aromatic N) is 2. The van der Waals surface area contributed by atoms with Gasteiger partial charge in [-0.3, -0.25) is 0 Å². The second-order valence-corrected chi connectivity index (χ2v) is 6.41. The Balaban J connectivity index is 1.81. The number of aliphatic imine (C=N–C) groups is 1. The van der Waals surface area contributed by atoms with Crippen LogP contribution >= 0.6 is 0 Å². The van der Waals surface area contributed by atoms with Crippen LogP contribution in [0.25, 0.3) is 0 Å². The molecule has 1 heterocycles. The van der Waals surface area contributed by atoms with E-state index in [4.69, 9.17) is 0 Å². The molecule has 0 bridgehead atoms. The van der Waals surface area contributed by atoms with Crippen molar-refractivity contribution < 1.29 is 5.11 Å². The SMILES string of the molecule is Cc1ccc(CN2C=Nc3ccccc3C2(O)c2ccccc2)cc1. The van der Waals surface area contributed by atoms with E-state index in [9.17, 15) is 5.11 Å². The van der Waals surface area contributed by atoms with Gasteiger partial charge in [-0.25, -0.2) is 4.99 Å². The van der Waals surface area contributed by atoms with Crippen LogP contribution in [0.3, 0.4) is 0 Å². The molecule has 124 valence electrons.